The number of carbonyl (C=O) groups is 1. The van der Waals surface area contributed by atoms with Crippen molar-refractivity contribution < 1.29 is 17.9 Å². The van der Waals surface area contributed by atoms with Crippen molar-refractivity contribution in [3.8, 4) is 5.75 Å². The Bertz CT molecular complexity index is 1260. The van der Waals surface area contributed by atoms with Crippen LogP contribution in [0.5, 0.6) is 5.75 Å². The quantitative estimate of drug-likeness (QED) is 0.373. The standard InChI is InChI=1S/C29H36N2O4S/c1-6-35-27-15-11-10-14-26(27)31(36(33,34)25-18-16-22(2)17-19-25)21-28(32)30-23(3)20-29(4,5)24-12-8-7-9-13-24/h7-19,23H,6,20-21H2,1-5H3,(H,30,32). The maximum atomic E-state index is 13.7. The predicted molar refractivity (Wildman–Crippen MR) is 145 cm³/mol. The van der Waals surface area contributed by atoms with E-state index in [4.69, 9.17) is 4.74 Å². The number of hydrogen-bond acceptors (Lipinski definition) is 4. The van der Waals surface area contributed by atoms with E-state index in [1.54, 1.807) is 48.5 Å². The first-order valence-corrected chi connectivity index (χ1v) is 13.6. The first kappa shape index (κ1) is 27.3. The molecule has 0 fully saturated rings. The molecule has 3 rings (SSSR count). The van der Waals surface area contributed by atoms with Crippen LogP contribution in [-0.2, 0) is 20.2 Å². The van der Waals surface area contributed by atoms with E-state index in [1.807, 2.05) is 39.0 Å². The molecule has 6 nitrogen and oxygen atoms in total. The first-order chi connectivity index (χ1) is 17.0. The van der Waals surface area contributed by atoms with Gasteiger partial charge in [-0.2, -0.15) is 0 Å². The van der Waals surface area contributed by atoms with E-state index in [2.05, 4.69) is 31.3 Å². The molecule has 0 aliphatic rings. The van der Waals surface area contributed by atoms with Crippen molar-refractivity contribution in [2.75, 3.05) is 17.5 Å². The summed E-state index contributed by atoms with van der Waals surface area (Å²) in [4.78, 5) is 13.3. The Morgan fingerprint density at radius 1 is 0.972 bits per heavy atom. The molecule has 7 heteroatoms. The van der Waals surface area contributed by atoms with Gasteiger partial charge in [0, 0.05) is 6.04 Å². The van der Waals surface area contributed by atoms with Gasteiger partial charge in [-0.05, 0) is 62.4 Å². The average molecular weight is 509 g/mol. The van der Waals surface area contributed by atoms with Crippen molar-refractivity contribution in [1.82, 2.24) is 5.32 Å². The Hall–Kier alpha value is -3.32. The number of sulfonamides is 1. The second kappa shape index (κ2) is 11.6. The zero-order valence-electron chi connectivity index (χ0n) is 21.7. The van der Waals surface area contributed by atoms with E-state index in [0.717, 1.165) is 9.87 Å². The smallest absolute Gasteiger partial charge is 0.264 e. The van der Waals surface area contributed by atoms with Gasteiger partial charge in [-0.15, -0.1) is 0 Å². The van der Waals surface area contributed by atoms with Gasteiger partial charge < -0.3 is 10.1 Å². The predicted octanol–water partition coefficient (Wildman–Crippen LogP) is 5.46. The fourth-order valence-electron chi connectivity index (χ4n) is 4.35. The molecule has 1 N–H and O–H groups in total. The van der Waals surface area contributed by atoms with Crippen LogP contribution in [0, 0.1) is 6.92 Å². The SMILES string of the molecule is CCOc1ccccc1N(CC(=O)NC(C)CC(C)(C)c1ccccc1)S(=O)(=O)c1ccc(C)cc1. The van der Waals surface area contributed by atoms with Gasteiger partial charge in [-0.1, -0.05) is 74.0 Å². The number of aryl methyl sites for hydroxylation is 1. The molecule has 1 amide bonds. The molecule has 1 unspecified atom stereocenters. The van der Waals surface area contributed by atoms with Crippen LogP contribution in [-0.4, -0.2) is 33.5 Å². The number of amides is 1. The van der Waals surface area contributed by atoms with Crippen LogP contribution in [0.15, 0.2) is 83.8 Å². The molecule has 36 heavy (non-hydrogen) atoms. The highest BCUT2D eigenvalue weighted by Gasteiger charge is 2.30. The van der Waals surface area contributed by atoms with Gasteiger partial charge in [0.2, 0.25) is 5.91 Å². The molecular formula is C29H36N2O4S. The summed E-state index contributed by atoms with van der Waals surface area (Å²) in [5.74, 6) is 0.0232. The van der Waals surface area contributed by atoms with Gasteiger partial charge in [0.15, 0.2) is 0 Å². The summed E-state index contributed by atoms with van der Waals surface area (Å²) < 4.78 is 34.3. The Morgan fingerprint density at radius 3 is 2.22 bits per heavy atom. The van der Waals surface area contributed by atoms with Crippen LogP contribution in [0.25, 0.3) is 0 Å². The van der Waals surface area contributed by atoms with Crippen molar-refractivity contribution >= 4 is 21.6 Å². The fraction of sp³-hybridized carbons (Fsp3) is 0.345. The highest BCUT2D eigenvalue weighted by Crippen LogP contribution is 2.33. The van der Waals surface area contributed by atoms with Crippen molar-refractivity contribution in [2.24, 2.45) is 0 Å². The largest absolute Gasteiger partial charge is 0.492 e. The maximum Gasteiger partial charge on any atom is 0.264 e. The summed E-state index contributed by atoms with van der Waals surface area (Å²) in [6.45, 7) is 9.94. The summed E-state index contributed by atoms with van der Waals surface area (Å²) in [5, 5.41) is 3.00. The highest BCUT2D eigenvalue weighted by molar-refractivity contribution is 7.92. The van der Waals surface area contributed by atoms with Crippen molar-refractivity contribution in [3.63, 3.8) is 0 Å². The number of para-hydroxylation sites is 2. The molecule has 192 valence electrons. The lowest BCUT2D eigenvalue weighted by Gasteiger charge is -2.30. The molecule has 3 aromatic rings. The normalized spacial score (nSPS) is 12.6. The maximum absolute atomic E-state index is 13.7. The van der Waals surface area contributed by atoms with Crippen LogP contribution < -0.4 is 14.4 Å². The van der Waals surface area contributed by atoms with Crippen LogP contribution in [0.4, 0.5) is 5.69 Å². The van der Waals surface area contributed by atoms with Gasteiger partial charge >= 0.3 is 0 Å². The number of ether oxygens (including phenoxy) is 1. The Morgan fingerprint density at radius 2 is 1.58 bits per heavy atom. The Balaban J connectivity index is 1.86. The second-order valence-corrected chi connectivity index (χ2v) is 11.5. The van der Waals surface area contributed by atoms with Gasteiger partial charge in [0.05, 0.1) is 17.2 Å². The number of hydrogen-bond donors (Lipinski definition) is 1. The molecule has 0 aliphatic heterocycles. The summed E-state index contributed by atoms with van der Waals surface area (Å²) in [6, 6.07) is 23.5. The number of anilines is 1. The molecule has 0 saturated heterocycles. The van der Waals surface area contributed by atoms with Gasteiger partial charge in [0.1, 0.15) is 12.3 Å². The molecule has 3 aromatic carbocycles. The molecule has 0 bridgehead atoms. The third-order valence-corrected chi connectivity index (χ3v) is 7.88. The van der Waals surface area contributed by atoms with Crippen LogP contribution in [0.2, 0.25) is 0 Å². The molecular weight excluding hydrogens is 472 g/mol. The minimum atomic E-state index is -4.03. The minimum Gasteiger partial charge on any atom is -0.492 e. The molecule has 0 saturated carbocycles. The monoisotopic (exact) mass is 508 g/mol. The summed E-state index contributed by atoms with van der Waals surface area (Å²) in [7, 11) is -4.03. The van der Waals surface area contributed by atoms with E-state index >= 15 is 0 Å². The topological polar surface area (TPSA) is 75.7 Å². The third-order valence-electron chi connectivity index (χ3n) is 6.11. The first-order valence-electron chi connectivity index (χ1n) is 12.2. The van der Waals surface area contributed by atoms with E-state index in [-0.39, 0.29) is 28.8 Å². The Labute approximate surface area is 215 Å². The third kappa shape index (κ3) is 6.66. The van der Waals surface area contributed by atoms with Crippen LogP contribution in [0.3, 0.4) is 0 Å². The van der Waals surface area contributed by atoms with Gasteiger partial charge in [-0.3, -0.25) is 9.10 Å². The van der Waals surface area contributed by atoms with E-state index < -0.39 is 10.0 Å². The van der Waals surface area contributed by atoms with Gasteiger partial charge in [-0.25, -0.2) is 8.42 Å². The molecule has 0 heterocycles. The van der Waals surface area contributed by atoms with E-state index in [1.165, 1.54) is 5.56 Å². The van der Waals surface area contributed by atoms with Crippen molar-refractivity contribution in [3.05, 3.63) is 90.0 Å². The Kier molecular flexibility index (Phi) is 8.79. The molecule has 0 aromatic heterocycles. The number of nitrogens with one attached hydrogen (secondary N) is 1. The summed E-state index contributed by atoms with van der Waals surface area (Å²) in [6.07, 6.45) is 0.697. The van der Waals surface area contributed by atoms with Crippen LogP contribution >= 0.6 is 0 Å². The molecule has 1 atom stereocenters. The molecule has 0 radical (unpaired) electrons. The summed E-state index contributed by atoms with van der Waals surface area (Å²) in [5.41, 5.74) is 2.29. The van der Waals surface area contributed by atoms with E-state index in [9.17, 15) is 13.2 Å². The zero-order chi connectivity index (χ0) is 26.3. The lowest BCUT2D eigenvalue weighted by molar-refractivity contribution is -0.120. The van der Waals surface area contributed by atoms with Gasteiger partial charge in [0.25, 0.3) is 10.0 Å². The van der Waals surface area contributed by atoms with Crippen LogP contribution in [0.1, 0.15) is 45.2 Å². The van der Waals surface area contributed by atoms with Crippen molar-refractivity contribution in [2.45, 2.75) is 57.4 Å². The summed E-state index contributed by atoms with van der Waals surface area (Å²) >= 11 is 0. The lowest BCUT2D eigenvalue weighted by Crippen LogP contribution is -2.45. The average Bonchev–Trinajstić information content (AvgIpc) is 2.83. The number of rotatable bonds is 11. The molecule has 0 aliphatic carbocycles. The fourth-order valence-corrected chi connectivity index (χ4v) is 5.78. The minimum absolute atomic E-state index is 0.116. The lowest BCUT2D eigenvalue weighted by atomic mass is 9.79. The van der Waals surface area contributed by atoms with E-state index in [0.29, 0.717) is 24.5 Å². The zero-order valence-corrected chi connectivity index (χ0v) is 22.5. The number of carbonyl (C=O) groups excluding carboxylic acids is 1. The number of benzene rings is 3. The number of nitrogens with zero attached hydrogens (tertiary/aromatic N) is 1. The van der Waals surface area contributed by atoms with Crippen molar-refractivity contribution in [1.29, 1.82) is 0 Å². The molecule has 0 spiro atoms. The second-order valence-electron chi connectivity index (χ2n) is 9.65. The highest BCUT2D eigenvalue weighted by atomic mass is 32.2.